The van der Waals surface area contributed by atoms with E-state index in [9.17, 15) is 4.79 Å². The first-order valence-corrected chi connectivity index (χ1v) is 13.9. The van der Waals surface area contributed by atoms with Gasteiger partial charge in [-0.2, -0.15) is 0 Å². The second-order valence-electron chi connectivity index (χ2n) is 8.59. The summed E-state index contributed by atoms with van der Waals surface area (Å²) >= 11 is 6.44. The van der Waals surface area contributed by atoms with E-state index in [0.717, 1.165) is 66.6 Å². The van der Waals surface area contributed by atoms with E-state index >= 15 is 0 Å². The average Bonchev–Trinajstić information content (AvgIpc) is 2.91. The van der Waals surface area contributed by atoms with Crippen molar-refractivity contribution >= 4 is 46.0 Å². The summed E-state index contributed by atoms with van der Waals surface area (Å²) in [6, 6.07) is 14.6. The standard InChI is InChI=1S/C28H33N3O2.H2S2/c1-2-33-27(32)19-22(24-18-23-11-7-8-14-26(23)30-20-24)10-5-3-4-6-13-25-16-15-21-12-9-17-29-28(21)31-25;1-2/h5,7-8,10-11,14-16,18,20,22H,2-4,6,9,12-13,17,19H2,1H3,(H,29,31);1-2H/b10-5+;. The van der Waals surface area contributed by atoms with Crippen LogP contribution >= 0.6 is 23.3 Å². The highest BCUT2D eigenvalue weighted by atomic mass is 33.1. The van der Waals surface area contributed by atoms with Gasteiger partial charge in [-0.15, -0.1) is 23.3 Å². The maximum absolute atomic E-state index is 12.2. The number of aryl methyl sites for hydroxylation is 2. The van der Waals surface area contributed by atoms with Crippen LogP contribution in [0.5, 0.6) is 0 Å². The molecule has 1 N–H and O–H groups in total. The number of hydrogen-bond donors (Lipinski definition) is 3. The number of rotatable bonds is 10. The molecule has 3 aromatic rings. The van der Waals surface area contributed by atoms with Crippen LogP contribution in [-0.2, 0) is 22.4 Å². The predicted octanol–water partition coefficient (Wildman–Crippen LogP) is 6.75. The Hall–Kier alpha value is -2.51. The molecule has 0 fully saturated rings. The summed E-state index contributed by atoms with van der Waals surface area (Å²) in [4.78, 5) is 21.6. The van der Waals surface area contributed by atoms with Crippen LogP contribution in [0.15, 0.2) is 60.8 Å². The molecule has 0 aliphatic carbocycles. The van der Waals surface area contributed by atoms with Crippen LogP contribution < -0.4 is 5.32 Å². The summed E-state index contributed by atoms with van der Waals surface area (Å²) in [5, 5.41) is 4.50. The Balaban J connectivity index is 0.00000167. The molecule has 1 aliphatic heterocycles. The number of esters is 1. The lowest BCUT2D eigenvalue weighted by Crippen LogP contribution is -2.13. The molecule has 2 aromatic heterocycles. The summed E-state index contributed by atoms with van der Waals surface area (Å²) < 4.78 is 5.21. The van der Waals surface area contributed by atoms with Crippen LogP contribution in [0.2, 0.25) is 0 Å². The number of ether oxygens (including phenoxy) is 1. The van der Waals surface area contributed by atoms with E-state index < -0.39 is 0 Å². The van der Waals surface area contributed by atoms with Gasteiger partial charge in [0.25, 0.3) is 0 Å². The Morgan fingerprint density at radius 3 is 2.91 bits per heavy atom. The number of aromatic nitrogens is 2. The van der Waals surface area contributed by atoms with Gasteiger partial charge >= 0.3 is 5.97 Å². The predicted molar refractivity (Wildman–Crippen MR) is 151 cm³/mol. The molecular formula is C28H35N3O2S2. The van der Waals surface area contributed by atoms with Gasteiger partial charge in [-0.05, 0) is 74.8 Å². The monoisotopic (exact) mass is 509 g/mol. The molecule has 0 amide bonds. The van der Waals surface area contributed by atoms with Crippen LogP contribution in [0.25, 0.3) is 10.9 Å². The number of nitrogens with zero attached hydrogens (tertiary/aromatic N) is 2. The molecule has 35 heavy (non-hydrogen) atoms. The Kier molecular flexibility index (Phi) is 11.4. The molecule has 4 rings (SSSR count). The third-order valence-electron chi connectivity index (χ3n) is 6.11. The van der Waals surface area contributed by atoms with Crippen molar-refractivity contribution in [1.82, 2.24) is 9.97 Å². The van der Waals surface area contributed by atoms with E-state index in [0.29, 0.717) is 13.0 Å². The quantitative estimate of drug-likeness (QED) is 0.0927. The van der Waals surface area contributed by atoms with Crippen molar-refractivity contribution in [2.75, 3.05) is 18.5 Å². The minimum absolute atomic E-state index is 0.0328. The minimum atomic E-state index is -0.174. The molecule has 1 aliphatic rings. The van der Waals surface area contributed by atoms with Crippen LogP contribution in [-0.4, -0.2) is 29.1 Å². The number of carbonyl (C=O) groups excluding carboxylic acids is 1. The minimum Gasteiger partial charge on any atom is -0.466 e. The Morgan fingerprint density at radius 1 is 1.20 bits per heavy atom. The number of benzene rings is 1. The Bertz CT molecular complexity index is 1120. The molecule has 0 saturated carbocycles. The lowest BCUT2D eigenvalue weighted by molar-refractivity contribution is -0.143. The number of para-hydroxylation sites is 1. The number of carbonyl (C=O) groups is 1. The van der Waals surface area contributed by atoms with E-state index in [1.165, 1.54) is 12.0 Å². The number of allylic oxidation sites excluding steroid dienone is 2. The smallest absolute Gasteiger partial charge is 0.306 e. The zero-order valence-electron chi connectivity index (χ0n) is 20.3. The third kappa shape index (κ3) is 8.29. The summed E-state index contributed by atoms with van der Waals surface area (Å²) in [7, 11) is 0. The third-order valence-corrected chi connectivity index (χ3v) is 6.11. The first-order valence-electron chi connectivity index (χ1n) is 12.3. The van der Waals surface area contributed by atoms with Gasteiger partial charge in [0.15, 0.2) is 0 Å². The number of pyridine rings is 2. The number of nitrogens with one attached hydrogen (secondary N) is 1. The molecule has 1 atom stereocenters. The SMILES string of the molecule is CCOC(=O)CC(/C=C/CCCCc1ccc2c(n1)NCCC2)c1cnc2ccccc2c1.SS. The number of anilines is 1. The second-order valence-corrected chi connectivity index (χ2v) is 8.59. The van der Waals surface area contributed by atoms with Crippen molar-refractivity contribution in [2.24, 2.45) is 0 Å². The summed E-state index contributed by atoms with van der Waals surface area (Å²) in [5.41, 5.74) is 4.51. The molecule has 1 unspecified atom stereocenters. The summed E-state index contributed by atoms with van der Waals surface area (Å²) in [5.74, 6) is 0.867. The lowest BCUT2D eigenvalue weighted by atomic mass is 9.95. The van der Waals surface area contributed by atoms with Gasteiger partial charge in [0, 0.05) is 29.7 Å². The largest absolute Gasteiger partial charge is 0.466 e. The lowest BCUT2D eigenvalue weighted by Gasteiger charge is -2.17. The Labute approximate surface area is 219 Å². The molecule has 0 saturated heterocycles. The van der Waals surface area contributed by atoms with Crippen molar-refractivity contribution < 1.29 is 9.53 Å². The molecule has 7 heteroatoms. The van der Waals surface area contributed by atoms with Crippen molar-refractivity contribution in [1.29, 1.82) is 0 Å². The van der Waals surface area contributed by atoms with E-state index in [4.69, 9.17) is 9.72 Å². The van der Waals surface area contributed by atoms with E-state index in [-0.39, 0.29) is 11.9 Å². The highest BCUT2D eigenvalue weighted by Gasteiger charge is 2.15. The van der Waals surface area contributed by atoms with Gasteiger partial charge in [0.1, 0.15) is 5.82 Å². The fourth-order valence-corrected chi connectivity index (χ4v) is 4.32. The van der Waals surface area contributed by atoms with E-state index in [1.54, 1.807) is 0 Å². The molecule has 0 spiro atoms. The normalized spacial score (nSPS) is 13.5. The maximum Gasteiger partial charge on any atom is 0.306 e. The average molecular weight is 510 g/mol. The number of fused-ring (bicyclic) bond motifs is 2. The van der Waals surface area contributed by atoms with Crippen molar-refractivity contribution in [3.05, 3.63) is 77.6 Å². The van der Waals surface area contributed by atoms with E-state index in [1.807, 2.05) is 31.3 Å². The molecule has 3 heterocycles. The number of hydrogen-bond acceptors (Lipinski definition) is 7. The molecule has 0 bridgehead atoms. The fourth-order valence-electron chi connectivity index (χ4n) is 4.32. The zero-order chi connectivity index (χ0) is 24.9. The maximum atomic E-state index is 12.2. The van der Waals surface area contributed by atoms with Gasteiger partial charge < -0.3 is 10.1 Å². The number of thiol groups is 2. The molecular weight excluding hydrogens is 474 g/mol. The summed E-state index contributed by atoms with van der Waals surface area (Å²) in [6.07, 6.45) is 13.0. The summed E-state index contributed by atoms with van der Waals surface area (Å²) in [6.45, 7) is 3.26. The van der Waals surface area contributed by atoms with Gasteiger partial charge in [-0.3, -0.25) is 9.78 Å². The van der Waals surface area contributed by atoms with Crippen molar-refractivity contribution in [2.45, 2.75) is 57.8 Å². The van der Waals surface area contributed by atoms with Crippen LogP contribution in [0.1, 0.15) is 61.8 Å². The first kappa shape index (κ1) is 27.1. The highest BCUT2D eigenvalue weighted by molar-refractivity contribution is 8.59. The van der Waals surface area contributed by atoms with Gasteiger partial charge in [0.2, 0.25) is 0 Å². The van der Waals surface area contributed by atoms with Gasteiger partial charge in [0.05, 0.1) is 18.5 Å². The topological polar surface area (TPSA) is 64.1 Å². The fraction of sp³-hybridized carbons (Fsp3) is 0.393. The van der Waals surface area contributed by atoms with Gasteiger partial charge in [-0.25, -0.2) is 4.98 Å². The number of unbranched alkanes of at least 4 members (excludes halogenated alkanes) is 2. The first-order chi connectivity index (χ1) is 17.2. The molecule has 0 radical (unpaired) electrons. The second kappa shape index (κ2) is 14.8. The van der Waals surface area contributed by atoms with Crippen molar-refractivity contribution in [3.63, 3.8) is 0 Å². The van der Waals surface area contributed by atoms with Crippen LogP contribution in [0.3, 0.4) is 0 Å². The Morgan fingerprint density at radius 2 is 2.06 bits per heavy atom. The molecule has 1 aromatic carbocycles. The molecule has 186 valence electrons. The van der Waals surface area contributed by atoms with Crippen LogP contribution in [0.4, 0.5) is 5.82 Å². The zero-order valence-corrected chi connectivity index (χ0v) is 22.1. The van der Waals surface area contributed by atoms with E-state index in [2.05, 4.69) is 70.0 Å². The van der Waals surface area contributed by atoms with Crippen molar-refractivity contribution in [3.8, 4) is 0 Å². The highest BCUT2D eigenvalue weighted by Crippen LogP contribution is 2.25. The van der Waals surface area contributed by atoms with Gasteiger partial charge in [-0.1, -0.05) is 36.4 Å². The molecule has 5 nitrogen and oxygen atoms in total. The van der Waals surface area contributed by atoms with Crippen LogP contribution in [0, 0.1) is 0 Å².